The van der Waals surface area contributed by atoms with Crippen LogP contribution in [0.4, 0.5) is 0 Å². The SMILES string of the molecule is CC/C=C\C/C=C\C/C=C\C/C=C\C/C=C\CCCCCCCCCC(=O)OCC(O)COP(=O)(O)OCC(O)COP(=O)(O)OCC(COC(=O)CCCCCCCCC/C=C\C/C=C\C/C=C\C/C=C\CCCCC)OC(=O)CCCCCCC/C=C\C/C=C\CCC. The Bertz CT molecular complexity index is 2260. The zero-order valence-electron chi connectivity index (χ0n) is 59.0. The van der Waals surface area contributed by atoms with Gasteiger partial charge in [0.05, 0.1) is 26.4 Å². The summed E-state index contributed by atoms with van der Waals surface area (Å²) in [6, 6.07) is 0. The molecule has 95 heavy (non-hydrogen) atoms. The van der Waals surface area contributed by atoms with E-state index < -0.39 is 91.5 Å². The van der Waals surface area contributed by atoms with Gasteiger partial charge < -0.3 is 34.2 Å². The largest absolute Gasteiger partial charge is 0.472 e. The highest BCUT2D eigenvalue weighted by atomic mass is 31.2. The lowest BCUT2D eigenvalue weighted by atomic mass is 10.1. The third-order valence-electron chi connectivity index (χ3n) is 14.8. The van der Waals surface area contributed by atoms with Gasteiger partial charge >= 0.3 is 33.6 Å². The quantitative estimate of drug-likeness (QED) is 0.0146. The molecule has 5 unspecified atom stereocenters. The molecule has 0 spiro atoms. The molecule has 18 heteroatoms. The fourth-order valence-corrected chi connectivity index (χ4v) is 10.8. The maximum Gasteiger partial charge on any atom is 0.472 e. The lowest BCUT2D eigenvalue weighted by Crippen LogP contribution is -2.30. The molecule has 0 radical (unpaired) electrons. The van der Waals surface area contributed by atoms with Gasteiger partial charge in [-0.2, -0.15) is 0 Å². The molecule has 0 bridgehead atoms. The molecule has 0 aliphatic heterocycles. The summed E-state index contributed by atoms with van der Waals surface area (Å²) in [6.07, 6.45) is 82.1. The number of hydrogen-bond donors (Lipinski definition) is 4. The van der Waals surface area contributed by atoms with Crippen molar-refractivity contribution >= 4 is 33.6 Å². The molecule has 544 valence electrons. The number of phosphoric ester groups is 2. The molecule has 0 aliphatic carbocycles. The van der Waals surface area contributed by atoms with E-state index in [-0.39, 0.29) is 19.3 Å². The van der Waals surface area contributed by atoms with Gasteiger partial charge in [0.25, 0.3) is 0 Å². The molecule has 0 aromatic carbocycles. The average Bonchev–Trinajstić information content (AvgIpc) is 1.91. The number of carbonyl (C=O) groups is 3. The first-order valence-corrected chi connectivity index (χ1v) is 39.5. The summed E-state index contributed by atoms with van der Waals surface area (Å²) >= 11 is 0. The van der Waals surface area contributed by atoms with Crippen LogP contribution in [-0.4, -0.2) is 95.9 Å². The van der Waals surface area contributed by atoms with Crippen LogP contribution in [0.2, 0.25) is 0 Å². The van der Waals surface area contributed by atoms with E-state index in [2.05, 4.69) is 154 Å². The second kappa shape index (κ2) is 69.6. The first-order valence-electron chi connectivity index (χ1n) is 36.5. The van der Waals surface area contributed by atoms with Crippen molar-refractivity contribution in [3.63, 3.8) is 0 Å². The zero-order chi connectivity index (χ0) is 69.5. The molecular weight excluding hydrogens is 1240 g/mol. The van der Waals surface area contributed by atoms with Crippen molar-refractivity contribution in [1.29, 1.82) is 0 Å². The van der Waals surface area contributed by atoms with E-state index in [1.165, 1.54) is 25.7 Å². The molecule has 0 rings (SSSR count). The summed E-state index contributed by atoms with van der Waals surface area (Å²) in [7, 11) is -9.80. The number of carbonyl (C=O) groups excluding carboxylic acids is 3. The van der Waals surface area contributed by atoms with Crippen molar-refractivity contribution in [2.24, 2.45) is 0 Å². The minimum absolute atomic E-state index is 0.0822. The van der Waals surface area contributed by atoms with Crippen LogP contribution in [0.15, 0.2) is 134 Å². The Morgan fingerprint density at radius 1 is 0.305 bits per heavy atom. The Hall–Kier alpha value is -4.31. The Kier molecular flexibility index (Phi) is 66.4. The molecule has 0 fully saturated rings. The Balaban J connectivity index is 4.63. The number of hydrogen-bond acceptors (Lipinski definition) is 14. The number of aliphatic hydroxyl groups is 2. The summed E-state index contributed by atoms with van der Waals surface area (Å²) in [4.78, 5) is 58.5. The van der Waals surface area contributed by atoms with Crippen molar-refractivity contribution in [2.75, 3.05) is 39.6 Å². The zero-order valence-corrected chi connectivity index (χ0v) is 60.8. The van der Waals surface area contributed by atoms with Crippen LogP contribution >= 0.6 is 15.6 Å². The van der Waals surface area contributed by atoms with Crippen LogP contribution in [-0.2, 0) is 55.8 Å². The Morgan fingerprint density at radius 2 is 0.579 bits per heavy atom. The molecule has 0 aliphatic rings. The predicted molar refractivity (Wildman–Crippen MR) is 390 cm³/mol. The fourth-order valence-electron chi connectivity index (χ4n) is 9.26. The van der Waals surface area contributed by atoms with E-state index in [1.807, 2.05) is 0 Å². The second-order valence-corrected chi connectivity index (χ2v) is 26.9. The molecule has 0 amide bonds. The van der Waals surface area contributed by atoms with E-state index in [4.69, 9.17) is 32.3 Å². The van der Waals surface area contributed by atoms with Gasteiger partial charge in [-0.3, -0.25) is 32.5 Å². The number of unbranched alkanes of at least 4 members (excludes halogenated alkanes) is 23. The van der Waals surface area contributed by atoms with E-state index in [1.54, 1.807) is 0 Å². The fraction of sp³-hybridized carbons (Fsp3) is 0.675. The molecule has 4 N–H and O–H groups in total. The second-order valence-electron chi connectivity index (χ2n) is 24.0. The molecule has 16 nitrogen and oxygen atoms in total. The van der Waals surface area contributed by atoms with Crippen LogP contribution < -0.4 is 0 Å². The number of allylic oxidation sites excluding steroid dienone is 22. The van der Waals surface area contributed by atoms with Gasteiger partial charge in [-0.15, -0.1) is 0 Å². The lowest BCUT2D eigenvalue weighted by Gasteiger charge is -2.21. The molecule has 5 atom stereocenters. The van der Waals surface area contributed by atoms with Crippen molar-refractivity contribution in [3.8, 4) is 0 Å². The first-order chi connectivity index (χ1) is 46.2. The third kappa shape index (κ3) is 70.8. The minimum Gasteiger partial charge on any atom is -0.463 e. The molecule has 0 aromatic rings. The molecule has 0 saturated carbocycles. The lowest BCUT2D eigenvalue weighted by molar-refractivity contribution is -0.161. The van der Waals surface area contributed by atoms with Crippen molar-refractivity contribution in [3.05, 3.63) is 134 Å². The predicted octanol–water partition coefficient (Wildman–Crippen LogP) is 20.8. The van der Waals surface area contributed by atoms with Gasteiger partial charge in [-0.1, -0.05) is 257 Å². The molecule has 0 saturated heterocycles. The number of aliphatic hydroxyl groups excluding tert-OH is 2. The van der Waals surface area contributed by atoms with Crippen LogP contribution in [0, 0.1) is 0 Å². The molecule has 0 aromatic heterocycles. The average molecular weight is 1370 g/mol. The summed E-state index contributed by atoms with van der Waals surface area (Å²) in [5.41, 5.74) is 0. The molecular formula is C77H130O16P2. The normalized spacial score (nSPS) is 14.9. The first kappa shape index (κ1) is 90.7. The number of esters is 3. The molecule has 0 heterocycles. The van der Waals surface area contributed by atoms with Gasteiger partial charge in [0.2, 0.25) is 0 Å². The summed E-state index contributed by atoms with van der Waals surface area (Å²) in [6.45, 7) is 2.41. The van der Waals surface area contributed by atoms with Crippen molar-refractivity contribution in [2.45, 2.75) is 296 Å². The van der Waals surface area contributed by atoms with E-state index in [9.17, 15) is 43.5 Å². The highest BCUT2D eigenvalue weighted by Gasteiger charge is 2.29. The van der Waals surface area contributed by atoms with Gasteiger partial charge in [-0.05, 0) is 135 Å². The highest BCUT2D eigenvalue weighted by Crippen LogP contribution is 2.45. The van der Waals surface area contributed by atoms with Crippen LogP contribution in [0.25, 0.3) is 0 Å². The number of phosphoric acid groups is 2. The minimum atomic E-state index is -4.94. The Labute approximate surface area is 575 Å². The van der Waals surface area contributed by atoms with E-state index >= 15 is 0 Å². The Morgan fingerprint density at radius 3 is 0.926 bits per heavy atom. The maximum atomic E-state index is 12.9. The number of rotatable bonds is 68. The highest BCUT2D eigenvalue weighted by molar-refractivity contribution is 7.47. The summed E-state index contributed by atoms with van der Waals surface area (Å²) in [5, 5.41) is 20.6. The van der Waals surface area contributed by atoms with Crippen LogP contribution in [0.5, 0.6) is 0 Å². The van der Waals surface area contributed by atoms with Crippen molar-refractivity contribution in [1.82, 2.24) is 0 Å². The van der Waals surface area contributed by atoms with Crippen molar-refractivity contribution < 1.29 is 75.8 Å². The summed E-state index contributed by atoms with van der Waals surface area (Å²) in [5.74, 6) is -1.62. The van der Waals surface area contributed by atoms with E-state index in [0.717, 1.165) is 193 Å². The van der Waals surface area contributed by atoms with Crippen LogP contribution in [0.3, 0.4) is 0 Å². The number of ether oxygens (including phenoxy) is 3. The van der Waals surface area contributed by atoms with E-state index in [0.29, 0.717) is 19.3 Å². The summed E-state index contributed by atoms with van der Waals surface area (Å²) < 4.78 is 61.0. The topological polar surface area (TPSA) is 231 Å². The smallest absolute Gasteiger partial charge is 0.463 e. The third-order valence-corrected chi connectivity index (χ3v) is 16.7. The van der Waals surface area contributed by atoms with Gasteiger partial charge in [0.1, 0.15) is 25.4 Å². The van der Waals surface area contributed by atoms with Gasteiger partial charge in [-0.25, -0.2) is 9.13 Å². The maximum absolute atomic E-state index is 12.9. The monoisotopic (exact) mass is 1370 g/mol. The standard InChI is InChI=1S/C77H130O16P2/c1-4-7-10-13-16-19-22-25-27-29-31-33-35-37-39-41-43-46-48-51-54-57-60-63-75(80)87-66-72(78)67-89-94(83,84)90-68-73(79)69-91-95(85,86)92-71-74(93-77(82)65-62-59-56-53-50-45-24-21-18-15-12-9-6-3)70-88-76(81)64-61-58-55-52-49-47-44-42-40-38-36-34-32-30-28-26-23-20-17-14-11-8-5-2/h7,10,12,15-17,19-21,24-28,31-34,37-40,72-74,78-79H,4-6,8-9,11,13-14,18,22-23,29-30,35-36,41-71H2,1-3H3,(H,83,84)(H,85,86)/b10-7-,15-12-,19-16-,20-17-,24-21-,27-25-,28-26-,33-31-,34-32-,39-37-,40-38-. The van der Waals surface area contributed by atoms with Crippen LogP contribution in [0.1, 0.15) is 278 Å². The van der Waals surface area contributed by atoms with Gasteiger partial charge in [0, 0.05) is 19.3 Å². The van der Waals surface area contributed by atoms with Gasteiger partial charge in [0.15, 0.2) is 6.10 Å².